The molecule has 0 aliphatic carbocycles. The first kappa shape index (κ1) is 13.3. The van der Waals surface area contributed by atoms with Crippen LogP contribution in [0.5, 0.6) is 0 Å². The zero-order chi connectivity index (χ0) is 13.0. The van der Waals surface area contributed by atoms with Crippen LogP contribution in [0.25, 0.3) is 0 Å². The third-order valence-electron chi connectivity index (χ3n) is 3.67. The Morgan fingerprint density at radius 2 is 2.33 bits per heavy atom. The number of aryl methyl sites for hydroxylation is 1. The van der Waals surface area contributed by atoms with Crippen LogP contribution in [-0.4, -0.2) is 33.1 Å². The van der Waals surface area contributed by atoms with E-state index in [0.29, 0.717) is 18.2 Å². The molecule has 1 saturated heterocycles. The highest BCUT2D eigenvalue weighted by Gasteiger charge is 2.23. The predicted molar refractivity (Wildman–Crippen MR) is 71.2 cm³/mol. The maximum absolute atomic E-state index is 11.3. The van der Waals surface area contributed by atoms with Gasteiger partial charge in [-0.05, 0) is 33.2 Å². The number of piperidine rings is 1. The molecule has 0 amide bonds. The van der Waals surface area contributed by atoms with Crippen molar-refractivity contribution in [2.45, 2.75) is 58.7 Å². The van der Waals surface area contributed by atoms with Crippen molar-refractivity contribution in [2.24, 2.45) is 0 Å². The average Bonchev–Trinajstić information content (AvgIpc) is 2.79. The van der Waals surface area contributed by atoms with Crippen molar-refractivity contribution >= 4 is 5.78 Å². The highest BCUT2D eigenvalue weighted by atomic mass is 16.1. The Morgan fingerprint density at radius 3 is 3.00 bits per heavy atom. The van der Waals surface area contributed by atoms with Crippen LogP contribution in [0.15, 0.2) is 12.4 Å². The van der Waals surface area contributed by atoms with Gasteiger partial charge in [0.1, 0.15) is 5.78 Å². The van der Waals surface area contributed by atoms with E-state index in [2.05, 4.69) is 23.1 Å². The molecule has 1 aromatic heterocycles. The van der Waals surface area contributed by atoms with Crippen molar-refractivity contribution in [1.29, 1.82) is 0 Å². The summed E-state index contributed by atoms with van der Waals surface area (Å²) in [5.41, 5.74) is 1.26. The Morgan fingerprint density at radius 1 is 1.50 bits per heavy atom. The number of ketones is 1. The summed E-state index contributed by atoms with van der Waals surface area (Å²) in [4.78, 5) is 13.8. The maximum atomic E-state index is 11.3. The molecule has 0 N–H and O–H groups in total. The number of hydrogen-bond acceptors (Lipinski definition) is 3. The molecule has 1 unspecified atom stereocenters. The summed E-state index contributed by atoms with van der Waals surface area (Å²) in [5.74, 6) is 0.302. The molecule has 1 aromatic rings. The first-order chi connectivity index (χ1) is 8.69. The summed E-state index contributed by atoms with van der Waals surface area (Å²) < 4.78 is 1.96. The molecule has 2 heterocycles. The first-order valence-corrected chi connectivity index (χ1v) is 6.94. The quantitative estimate of drug-likeness (QED) is 0.803. The molecule has 2 rings (SSSR count). The summed E-state index contributed by atoms with van der Waals surface area (Å²) in [6.45, 7) is 6.74. The second-order valence-electron chi connectivity index (χ2n) is 5.23. The van der Waals surface area contributed by atoms with Gasteiger partial charge in [-0.2, -0.15) is 5.10 Å². The molecule has 100 valence electrons. The third kappa shape index (κ3) is 3.42. The summed E-state index contributed by atoms with van der Waals surface area (Å²) in [7, 11) is 0. The molecule has 1 aliphatic heterocycles. The molecular weight excluding hydrogens is 226 g/mol. The number of Topliss-reactive ketones (excluding diaryl/α,β-unsaturated/α-hetero) is 1. The maximum Gasteiger partial charge on any atom is 0.131 e. The first-order valence-electron chi connectivity index (χ1n) is 6.94. The Kier molecular flexibility index (Phi) is 4.53. The van der Waals surface area contributed by atoms with Gasteiger partial charge in [-0.3, -0.25) is 14.4 Å². The average molecular weight is 249 g/mol. The number of carbonyl (C=O) groups is 1. The minimum Gasteiger partial charge on any atom is -0.300 e. The van der Waals surface area contributed by atoms with Crippen LogP contribution in [0.3, 0.4) is 0 Å². The summed E-state index contributed by atoms with van der Waals surface area (Å²) >= 11 is 0. The van der Waals surface area contributed by atoms with E-state index in [0.717, 1.165) is 26.1 Å². The Labute approximate surface area is 109 Å². The fourth-order valence-corrected chi connectivity index (χ4v) is 2.73. The number of hydrogen-bond donors (Lipinski definition) is 0. The van der Waals surface area contributed by atoms with Crippen molar-refractivity contribution in [3.63, 3.8) is 0 Å². The van der Waals surface area contributed by atoms with Gasteiger partial charge in [-0.15, -0.1) is 0 Å². The van der Waals surface area contributed by atoms with E-state index in [1.807, 2.05) is 10.9 Å². The van der Waals surface area contributed by atoms with E-state index in [4.69, 9.17) is 0 Å². The van der Waals surface area contributed by atoms with Gasteiger partial charge in [-0.25, -0.2) is 0 Å². The smallest absolute Gasteiger partial charge is 0.131 e. The van der Waals surface area contributed by atoms with Gasteiger partial charge in [0, 0.05) is 37.3 Å². The summed E-state index contributed by atoms with van der Waals surface area (Å²) in [5, 5.41) is 4.31. The standard InChI is InChI=1S/C14H23N3O/c1-3-17-11-13(9-15-17)10-16-7-5-4-6-14(16)8-12(2)18/h9,11,14H,3-8,10H2,1-2H3. The lowest BCUT2D eigenvalue weighted by Gasteiger charge is -2.35. The molecule has 4 nitrogen and oxygen atoms in total. The van der Waals surface area contributed by atoms with Crippen molar-refractivity contribution in [2.75, 3.05) is 6.54 Å². The molecule has 0 spiro atoms. The molecule has 1 atom stereocenters. The number of rotatable bonds is 5. The predicted octanol–water partition coefficient (Wildman–Crippen LogP) is 2.24. The molecule has 1 fully saturated rings. The van der Waals surface area contributed by atoms with Crippen LogP contribution < -0.4 is 0 Å². The third-order valence-corrected chi connectivity index (χ3v) is 3.67. The molecule has 4 heteroatoms. The SMILES string of the molecule is CCn1cc(CN2CCCCC2CC(C)=O)cn1. The minimum absolute atomic E-state index is 0.302. The van der Waals surface area contributed by atoms with Gasteiger partial charge in [0.25, 0.3) is 0 Å². The zero-order valence-corrected chi connectivity index (χ0v) is 11.4. The molecule has 0 bridgehead atoms. The zero-order valence-electron chi connectivity index (χ0n) is 11.4. The molecule has 18 heavy (non-hydrogen) atoms. The van der Waals surface area contributed by atoms with Crippen LogP contribution in [-0.2, 0) is 17.9 Å². The molecule has 0 radical (unpaired) electrons. The van der Waals surface area contributed by atoms with Crippen LogP contribution in [0.4, 0.5) is 0 Å². The number of aromatic nitrogens is 2. The number of nitrogens with zero attached hydrogens (tertiary/aromatic N) is 3. The second-order valence-corrected chi connectivity index (χ2v) is 5.23. The van der Waals surface area contributed by atoms with E-state index < -0.39 is 0 Å². The van der Waals surface area contributed by atoms with Crippen LogP contribution in [0, 0.1) is 0 Å². The van der Waals surface area contributed by atoms with E-state index in [1.165, 1.54) is 18.4 Å². The monoisotopic (exact) mass is 249 g/mol. The van der Waals surface area contributed by atoms with Gasteiger partial charge < -0.3 is 0 Å². The van der Waals surface area contributed by atoms with Crippen LogP contribution in [0.2, 0.25) is 0 Å². The fourth-order valence-electron chi connectivity index (χ4n) is 2.73. The summed E-state index contributed by atoms with van der Waals surface area (Å²) in [6, 6.07) is 0.432. The highest BCUT2D eigenvalue weighted by molar-refractivity contribution is 5.76. The van der Waals surface area contributed by atoms with E-state index in [-0.39, 0.29) is 0 Å². The lowest BCUT2D eigenvalue weighted by molar-refractivity contribution is -0.118. The van der Waals surface area contributed by atoms with Gasteiger partial charge in [-0.1, -0.05) is 6.42 Å². The Balaban J connectivity index is 1.98. The molecule has 1 aliphatic rings. The van der Waals surface area contributed by atoms with Gasteiger partial charge >= 0.3 is 0 Å². The second kappa shape index (κ2) is 6.14. The van der Waals surface area contributed by atoms with E-state index in [9.17, 15) is 4.79 Å². The lowest BCUT2D eigenvalue weighted by atomic mass is 9.97. The van der Waals surface area contributed by atoms with Crippen LogP contribution >= 0.6 is 0 Å². The van der Waals surface area contributed by atoms with Gasteiger partial charge in [0.2, 0.25) is 0 Å². The van der Waals surface area contributed by atoms with E-state index >= 15 is 0 Å². The Hall–Kier alpha value is -1.16. The largest absolute Gasteiger partial charge is 0.300 e. The lowest BCUT2D eigenvalue weighted by Crippen LogP contribution is -2.39. The number of likely N-dealkylation sites (tertiary alicyclic amines) is 1. The fraction of sp³-hybridized carbons (Fsp3) is 0.714. The molecule has 0 saturated carbocycles. The highest BCUT2D eigenvalue weighted by Crippen LogP contribution is 2.22. The van der Waals surface area contributed by atoms with E-state index in [1.54, 1.807) is 6.92 Å². The summed E-state index contributed by atoms with van der Waals surface area (Å²) in [6.07, 6.45) is 8.41. The molecular formula is C14H23N3O. The van der Waals surface area contributed by atoms with Gasteiger partial charge in [0.05, 0.1) is 6.20 Å². The molecule has 0 aromatic carbocycles. The van der Waals surface area contributed by atoms with Crippen molar-refractivity contribution in [3.05, 3.63) is 18.0 Å². The van der Waals surface area contributed by atoms with Crippen LogP contribution in [0.1, 0.15) is 45.1 Å². The van der Waals surface area contributed by atoms with Crippen molar-refractivity contribution in [3.8, 4) is 0 Å². The Bertz CT molecular complexity index is 399. The normalized spacial score (nSPS) is 21.1. The minimum atomic E-state index is 0.302. The van der Waals surface area contributed by atoms with Crippen molar-refractivity contribution < 1.29 is 4.79 Å². The van der Waals surface area contributed by atoms with Crippen molar-refractivity contribution in [1.82, 2.24) is 14.7 Å². The topological polar surface area (TPSA) is 38.1 Å². The number of carbonyl (C=O) groups excluding carboxylic acids is 1. The van der Waals surface area contributed by atoms with Gasteiger partial charge in [0.15, 0.2) is 0 Å².